The van der Waals surface area contributed by atoms with Crippen molar-refractivity contribution in [1.29, 1.82) is 0 Å². The summed E-state index contributed by atoms with van der Waals surface area (Å²) in [7, 11) is 0. The Balaban J connectivity index is 1.26. The Labute approximate surface area is 243 Å². The molecule has 0 radical (unpaired) electrons. The molecule has 0 saturated heterocycles. The minimum Gasteiger partial charge on any atom is -0.466 e. The number of carbonyl (C=O) groups is 4. The number of aliphatic hydroxyl groups excluding tert-OH is 1. The SMILES string of the molecule is CCCCCC(=O)OCCCCCC(=O)OCC(=O)[C@@]1(O)CCC2C3CCC4=CC(=O)C=C[C@]4(C)C3[C@@H](O)C[C@@]21C. The second kappa shape index (κ2) is 12.9. The second-order valence-electron chi connectivity index (χ2n) is 13.2. The van der Waals surface area contributed by atoms with E-state index in [4.69, 9.17) is 9.47 Å². The summed E-state index contributed by atoms with van der Waals surface area (Å²) in [5.74, 6) is -1.10. The zero-order valence-electron chi connectivity index (χ0n) is 25.0. The minimum absolute atomic E-state index is 0.0138. The lowest BCUT2D eigenvalue weighted by molar-refractivity contribution is -0.181. The molecule has 8 nitrogen and oxygen atoms in total. The summed E-state index contributed by atoms with van der Waals surface area (Å²) in [6, 6.07) is 0. The second-order valence-corrected chi connectivity index (χ2v) is 13.2. The Morgan fingerprint density at radius 3 is 2.44 bits per heavy atom. The van der Waals surface area contributed by atoms with Gasteiger partial charge in [-0.25, -0.2) is 0 Å². The summed E-state index contributed by atoms with van der Waals surface area (Å²) in [5.41, 5.74) is -1.83. The van der Waals surface area contributed by atoms with Crippen molar-refractivity contribution < 1.29 is 38.9 Å². The van der Waals surface area contributed by atoms with Crippen LogP contribution in [0.2, 0.25) is 0 Å². The van der Waals surface area contributed by atoms with Crippen molar-refractivity contribution in [2.75, 3.05) is 13.2 Å². The monoisotopic (exact) mass is 572 g/mol. The third-order valence-corrected chi connectivity index (χ3v) is 10.7. The van der Waals surface area contributed by atoms with Crippen molar-refractivity contribution in [3.63, 3.8) is 0 Å². The maximum absolute atomic E-state index is 13.4. The van der Waals surface area contributed by atoms with Gasteiger partial charge in [0.2, 0.25) is 5.78 Å². The molecule has 3 fully saturated rings. The molecule has 0 heterocycles. The molecule has 0 amide bonds. The van der Waals surface area contributed by atoms with Gasteiger partial charge in [-0.1, -0.05) is 45.3 Å². The number of fused-ring (bicyclic) bond motifs is 5. The fourth-order valence-corrected chi connectivity index (χ4v) is 8.45. The van der Waals surface area contributed by atoms with Crippen LogP contribution in [0.4, 0.5) is 0 Å². The standard InChI is InChI=1S/C33H48O8/c1-4-5-7-10-28(37)40-18-9-6-8-11-29(38)41-21-27(36)33(39)17-15-25-24-13-12-22-19-23(34)14-16-31(22,2)30(24)26(35)20-32(25,33)3/h14,16,19,24-26,30,35,39H,4-13,15,17-18,20-21H2,1-3H3/t24?,25?,26-,30?,31-,32-,33-/m0/s1. The van der Waals surface area contributed by atoms with Gasteiger partial charge in [0.25, 0.3) is 0 Å². The highest BCUT2D eigenvalue weighted by Crippen LogP contribution is 2.67. The zero-order chi connectivity index (χ0) is 29.8. The first-order valence-electron chi connectivity index (χ1n) is 15.7. The maximum Gasteiger partial charge on any atom is 0.306 e. The Hall–Kier alpha value is -2.32. The number of carbonyl (C=O) groups excluding carboxylic acids is 4. The van der Waals surface area contributed by atoms with Gasteiger partial charge in [0, 0.05) is 29.6 Å². The van der Waals surface area contributed by atoms with Crippen LogP contribution in [0.15, 0.2) is 23.8 Å². The van der Waals surface area contributed by atoms with Crippen LogP contribution in [0.1, 0.15) is 104 Å². The third-order valence-electron chi connectivity index (χ3n) is 10.7. The lowest BCUT2D eigenvalue weighted by Gasteiger charge is -2.59. The molecule has 8 heteroatoms. The maximum atomic E-state index is 13.4. The van der Waals surface area contributed by atoms with Gasteiger partial charge in [0.15, 0.2) is 12.4 Å². The van der Waals surface area contributed by atoms with E-state index in [0.717, 1.165) is 37.7 Å². The largest absolute Gasteiger partial charge is 0.466 e. The summed E-state index contributed by atoms with van der Waals surface area (Å²) < 4.78 is 10.5. The van der Waals surface area contributed by atoms with E-state index in [1.807, 2.05) is 13.0 Å². The Bertz CT molecular complexity index is 1080. The highest BCUT2D eigenvalue weighted by molar-refractivity contribution is 6.01. The number of hydrogen-bond donors (Lipinski definition) is 2. The fourth-order valence-electron chi connectivity index (χ4n) is 8.45. The smallest absolute Gasteiger partial charge is 0.306 e. The summed E-state index contributed by atoms with van der Waals surface area (Å²) in [6.07, 6.45) is 12.8. The predicted molar refractivity (Wildman–Crippen MR) is 152 cm³/mol. The third kappa shape index (κ3) is 6.24. The predicted octanol–water partition coefficient (Wildman–Crippen LogP) is 4.79. The molecule has 4 aliphatic carbocycles. The van der Waals surface area contributed by atoms with Crippen LogP contribution in [0.25, 0.3) is 0 Å². The molecule has 0 aromatic heterocycles. The van der Waals surface area contributed by atoms with Crippen LogP contribution < -0.4 is 0 Å². The first-order chi connectivity index (χ1) is 19.5. The van der Waals surface area contributed by atoms with E-state index in [1.54, 1.807) is 12.2 Å². The molecular formula is C33H48O8. The van der Waals surface area contributed by atoms with Gasteiger partial charge in [-0.2, -0.15) is 0 Å². The van der Waals surface area contributed by atoms with Crippen molar-refractivity contribution in [2.45, 2.75) is 116 Å². The topological polar surface area (TPSA) is 127 Å². The molecule has 4 aliphatic rings. The van der Waals surface area contributed by atoms with Gasteiger partial charge in [-0.15, -0.1) is 0 Å². The minimum atomic E-state index is -1.67. The molecule has 7 atom stereocenters. The van der Waals surface area contributed by atoms with Crippen molar-refractivity contribution in [3.05, 3.63) is 23.8 Å². The van der Waals surface area contributed by atoms with E-state index >= 15 is 0 Å². The number of ether oxygens (including phenoxy) is 2. The molecule has 41 heavy (non-hydrogen) atoms. The van der Waals surface area contributed by atoms with E-state index in [2.05, 4.69) is 13.8 Å². The first-order valence-corrected chi connectivity index (χ1v) is 15.7. The molecule has 0 aliphatic heterocycles. The van der Waals surface area contributed by atoms with E-state index < -0.39 is 40.9 Å². The Kier molecular flexibility index (Phi) is 9.95. The molecule has 0 aromatic carbocycles. The van der Waals surface area contributed by atoms with Gasteiger partial charge in [0.1, 0.15) is 5.60 Å². The number of allylic oxidation sites excluding steroid dienone is 4. The van der Waals surface area contributed by atoms with E-state index in [1.165, 1.54) is 0 Å². The Morgan fingerprint density at radius 1 is 1.00 bits per heavy atom. The summed E-state index contributed by atoms with van der Waals surface area (Å²) in [6.45, 7) is 5.95. The lowest BCUT2D eigenvalue weighted by Crippen LogP contribution is -2.61. The number of aliphatic hydroxyl groups is 2. The highest BCUT2D eigenvalue weighted by atomic mass is 16.5. The Morgan fingerprint density at radius 2 is 1.71 bits per heavy atom. The van der Waals surface area contributed by atoms with Gasteiger partial charge in [0.05, 0.1) is 12.7 Å². The van der Waals surface area contributed by atoms with Crippen molar-refractivity contribution in [2.24, 2.45) is 28.6 Å². The molecule has 0 spiro atoms. The van der Waals surface area contributed by atoms with Crippen LogP contribution in [0, 0.1) is 28.6 Å². The molecule has 0 aromatic rings. The summed E-state index contributed by atoms with van der Waals surface area (Å²) >= 11 is 0. The van der Waals surface area contributed by atoms with Crippen LogP contribution in [-0.4, -0.2) is 58.6 Å². The van der Waals surface area contributed by atoms with Gasteiger partial charge in [-0.05, 0) is 81.8 Å². The molecule has 0 bridgehead atoms. The van der Waals surface area contributed by atoms with E-state index in [0.29, 0.717) is 38.7 Å². The number of unbranched alkanes of at least 4 members (excludes halogenated alkanes) is 4. The number of ketones is 2. The first kappa shape index (κ1) is 31.6. The summed E-state index contributed by atoms with van der Waals surface area (Å²) in [4.78, 5) is 49.4. The molecule has 2 N–H and O–H groups in total. The lowest BCUT2D eigenvalue weighted by atomic mass is 9.46. The van der Waals surface area contributed by atoms with Crippen molar-refractivity contribution in [3.8, 4) is 0 Å². The molecule has 3 saturated carbocycles. The van der Waals surface area contributed by atoms with E-state index in [-0.39, 0.29) is 48.8 Å². The molecular weight excluding hydrogens is 524 g/mol. The molecule has 3 unspecified atom stereocenters. The van der Waals surface area contributed by atoms with Crippen LogP contribution in [0.5, 0.6) is 0 Å². The summed E-state index contributed by atoms with van der Waals surface area (Å²) in [5, 5.41) is 23.3. The van der Waals surface area contributed by atoms with Crippen LogP contribution in [0.3, 0.4) is 0 Å². The normalized spacial score (nSPS) is 35.6. The van der Waals surface area contributed by atoms with Crippen LogP contribution >= 0.6 is 0 Å². The fraction of sp³-hybridized carbons (Fsp3) is 0.758. The van der Waals surface area contributed by atoms with Crippen molar-refractivity contribution in [1.82, 2.24) is 0 Å². The van der Waals surface area contributed by atoms with E-state index in [9.17, 15) is 29.4 Å². The molecule has 4 rings (SSSR count). The number of rotatable bonds is 13. The van der Waals surface area contributed by atoms with Gasteiger partial charge in [-0.3, -0.25) is 19.2 Å². The van der Waals surface area contributed by atoms with Crippen LogP contribution in [-0.2, 0) is 28.7 Å². The molecule has 228 valence electrons. The number of hydrogen-bond acceptors (Lipinski definition) is 8. The average Bonchev–Trinajstić information content (AvgIpc) is 3.20. The number of Topliss-reactive ketones (excluding diaryl/α,β-unsaturated/α-hetero) is 1. The quantitative estimate of drug-likeness (QED) is 0.238. The highest BCUT2D eigenvalue weighted by Gasteiger charge is 2.68. The van der Waals surface area contributed by atoms with Gasteiger partial charge >= 0.3 is 11.9 Å². The average molecular weight is 573 g/mol. The van der Waals surface area contributed by atoms with Gasteiger partial charge < -0.3 is 19.7 Å². The number of esters is 2. The van der Waals surface area contributed by atoms with Crippen molar-refractivity contribution >= 4 is 23.5 Å². The zero-order valence-corrected chi connectivity index (χ0v) is 25.0.